The largest absolute Gasteiger partial charge is 0.399 e. The van der Waals surface area contributed by atoms with Crippen molar-refractivity contribution >= 4 is 17.5 Å². The lowest BCUT2D eigenvalue weighted by atomic mass is 10.1. The number of hydrogen-bond acceptors (Lipinski definition) is 3. The Morgan fingerprint density at radius 1 is 1.25 bits per heavy atom. The minimum atomic E-state index is -0.273. The molecule has 0 aromatic heterocycles. The van der Waals surface area contributed by atoms with Crippen molar-refractivity contribution in [2.24, 2.45) is 0 Å². The zero-order valence-electron chi connectivity index (χ0n) is 8.93. The van der Waals surface area contributed by atoms with E-state index in [0.29, 0.717) is 23.4 Å². The molecule has 1 aromatic rings. The minimum Gasteiger partial charge on any atom is -0.399 e. The van der Waals surface area contributed by atoms with E-state index >= 15 is 0 Å². The Labute approximate surface area is 93.3 Å². The number of anilines is 1. The molecule has 0 atom stereocenters. The number of amides is 2. The van der Waals surface area contributed by atoms with Crippen molar-refractivity contribution < 1.29 is 9.59 Å². The summed E-state index contributed by atoms with van der Waals surface area (Å²) in [5.41, 5.74) is 6.91. The molecule has 0 fully saturated rings. The molecule has 0 unspecified atom stereocenters. The van der Waals surface area contributed by atoms with E-state index in [9.17, 15) is 9.59 Å². The zero-order chi connectivity index (χ0) is 11.7. The average molecular weight is 216 g/mol. The molecular formula is C12H12N2O2. The average Bonchev–Trinajstić information content (AvgIpc) is 2.50. The number of allylic oxidation sites excluding steroid dienone is 1. The Hall–Kier alpha value is -2.10. The van der Waals surface area contributed by atoms with E-state index < -0.39 is 0 Å². The number of nitrogen functional groups attached to an aromatic ring is 1. The van der Waals surface area contributed by atoms with Crippen LogP contribution in [0.1, 0.15) is 27.6 Å². The summed E-state index contributed by atoms with van der Waals surface area (Å²) in [6.07, 6.45) is 3.57. The van der Waals surface area contributed by atoms with E-state index in [1.807, 2.05) is 6.92 Å². The SMILES string of the molecule is C/C=C/CN1C(=O)c2ccc(N)cc2C1=O. The predicted molar refractivity (Wildman–Crippen MR) is 61.0 cm³/mol. The van der Waals surface area contributed by atoms with Crippen molar-refractivity contribution in [1.29, 1.82) is 0 Å². The fraction of sp³-hybridized carbons (Fsp3) is 0.167. The smallest absolute Gasteiger partial charge is 0.261 e. The molecule has 0 spiro atoms. The molecule has 1 heterocycles. The van der Waals surface area contributed by atoms with Crippen LogP contribution < -0.4 is 5.73 Å². The molecular weight excluding hydrogens is 204 g/mol. The molecule has 4 heteroatoms. The van der Waals surface area contributed by atoms with E-state index in [4.69, 9.17) is 5.73 Å². The lowest BCUT2D eigenvalue weighted by molar-refractivity contribution is 0.0672. The van der Waals surface area contributed by atoms with Gasteiger partial charge in [-0.3, -0.25) is 14.5 Å². The zero-order valence-corrected chi connectivity index (χ0v) is 8.93. The van der Waals surface area contributed by atoms with Crippen LogP contribution in [0.25, 0.3) is 0 Å². The van der Waals surface area contributed by atoms with Crippen molar-refractivity contribution in [1.82, 2.24) is 4.90 Å². The highest BCUT2D eigenvalue weighted by Crippen LogP contribution is 2.24. The topological polar surface area (TPSA) is 63.4 Å². The van der Waals surface area contributed by atoms with Gasteiger partial charge < -0.3 is 5.73 Å². The van der Waals surface area contributed by atoms with E-state index in [0.717, 1.165) is 0 Å². The van der Waals surface area contributed by atoms with Crippen molar-refractivity contribution in [3.8, 4) is 0 Å². The first kappa shape index (κ1) is 10.4. The third-order valence-electron chi connectivity index (χ3n) is 2.52. The molecule has 0 aliphatic carbocycles. The summed E-state index contributed by atoms with van der Waals surface area (Å²) >= 11 is 0. The molecule has 1 aromatic carbocycles. The lowest BCUT2D eigenvalue weighted by Crippen LogP contribution is -2.29. The van der Waals surface area contributed by atoms with Crippen LogP contribution >= 0.6 is 0 Å². The van der Waals surface area contributed by atoms with Gasteiger partial charge in [-0.15, -0.1) is 0 Å². The lowest BCUT2D eigenvalue weighted by Gasteiger charge is -2.09. The monoisotopic (exact) mass is 216 g/mol. The highest BCUT2D eigenvalue weighted by atomic mass is 16.2. The molecule has 0 bridgehead atoms. The molecule has 16 heavy (non-hydrogen) atoms. The van der Waals surface area contributed by atoms with Crippen LogP contribution in [0.15, 0.2) is 30.4 Å². The maximum Gasteiger partial charge on any atom is 0.261 e. The predicted octanol–water partition coefficient (Wildman–Crippen LogP) is 1.44. The maximum absolute atomic E-state index is 11.9. The number of nitrogens with two attached hydrogens (primary N) is 1. The van der Waals surface area contributed by atoms with E-state index in [1.165, 1.54) is 4.90 Å². The Kier molecular flexibility index (Phi) is 2.48. The molecule has 0 saturated heterocycles. The highest BCUT2D eigenvalue weighted by molar-refractivity contribution is 6.21. The number of imide groups is 1. The van der Waals surface area contributed by atoms with Crippen molar-refractivity contribution in [3.63, 3.8) is 0 Å². The number of benzene rings is 1. The Bertz CT molecular complexity index is 492. The summed E-state index contributed by atoms with van der Waals surface area (Å²) in [5, 5.41) is 0. The Morgan fingerprint density at radius 2 is 1.94 bits per heavy atom. The van der Waals surface area contributed by atoms with Gasteiger partial charge >= 0.3 is 0 Å². The first-order valence-electron chi connectivity index (χ1n) is 5.02. The van der Waals surface area contributed by atoms with E-state index in [2.05, 4.69) is 0 Å². The third-order valence-corrected chi connectivity index (χ3v) is 2.52. The van der Waals surface area contributed by atoms with Gasteiger partial charge in [0.15, 0.2) is 0 Å². The summed E-state index contributed by atoms with van der Waals surface area (Å²) in [5.74, 6) is -0.525. The van der Waals surface area contributed by atoms with Crippen molar-refractivity contribution in [2.75, 3.05) is 12.3 Å². The summed E-state index contributed by atoms with van der Waals surface area (Å²) in [7, 11) is 0. The van der Waals surface area contributed by atoms with Crippen LogP contribution in [-0.2, 0) is 0 Å². The quantitative estimate of drug-likeness (QED) is 0.462. The van der Waals surface area contributed by atoms with Crippen LogP contribution in [0.5, 0.6) is 0 Å². The summed E-state index contributed by atoms with van der Waals surface area (Å²) in [6, 6.07) is 4.77. The number of nitrogens with zero attached hydrogens (tertiary/aromatic N) is 1. The molecule has 82 valence electrons. The third kappa shape index (κ3) is 1.48. The van der Waals surface area contributed by atoms with Gasteiger partial charge in [0.2, 0.25) is 0 Å². The van der Waals surface area contributed by atoms with Crippen LogP contribution in [0.2, 0.25) is 0 Å². The van der Waals surface area contributed by atoms with Gasteiger partial charge in [-0.25, -0.2) is 0 Å². The first-order chi connectivity index (χ1) is 7.65. The minimum absolute atomic E-state index is 0.252. The number of carbonyl (C=O) groups is 2. The summed E-state index contributed by atoms with van der Waals surface area (Å²) in [4.78, 5) is 24.9. The van der Waals surface area contributed by atoms with Gasteiger partial charge in [0.25, 0.3) is 11.8 Å². The van der Waals surface area contributed by atoms with Crippen LogP contribution in [0, 0.1) is 0 Å². The molecule has 2 N–H and O–H groups in total. The van der Waals surface area contributed by atoms with Crippen LogP contribution in [0.3, 0.4) is 0 Å². The molecule has 2 rings (SSSR count). The molecule has 4 nitrogen and oxygen atoms in total. The number of fused-ring (bicyclic) bond motifs is 1. The van der Waals surface area contributed by atoms with E-state index in [-0.39, 0.29) is 11.8 Å². The number of rotatable bonds is 2. The normalized spacial score (nSPS) is 14.9. The van der Waals surface area contributed by atoms with Crippen LogP contribution in [-0.4, -0.2) is 23.3 Å². The molecule has 1 aliphatic rings. The van der Waals surface area contributed by atoms with Gasteiger partial charge in [-0.05, 0) is 25.1 Å². The fourth-order valence-electron chi connectivity index (χ4n) is 1.68. The Balaban J connectivity index is 2.40. The first-order valence-corrected chi connectivity index (χ1v) is 5.02. The van der Waals surface area contributed by atoms with Crippen molar-refractivity contribution in [2.45, 2.75) is 6.92 Å². The van der Waals surface area contributed by atoms with Crippen LogP contribution in [0.4, 0.5) is 5.69 Å². The molecule has 0 radical (unpaired) electrons. The van der Waals surface area contributed by atoms with Gasteiger partial charge in [0.05, 0.1) is 11.1 Å². The number of hydrogen-bond donors (Lipinski definition) is 1. The fourth-order valence-corrected chi connectivity index (χ4v) is 1.68. The summed E-state index contributed by atoms with van der Waals surface area (Å²) < 4.78 is 0. The molecule has 1 aliphatic heterocycles. The number of carbonyl (C=O) groups excluding carboxylic acids is 2. The summed E-state index contributed by atoms with van der Waals surface area (Å²) in [6.45, 7) is 2.15. The van der Waals surface area contributed by atoms with Gasteiger partial charge in [0, 0.05) is 12.2 Å². The Morgan fingerprint density at radius 3 is 2.62 bits per heavy atom. The van der Waals surface area contributed by atoms with E-state index in [1.54, 1.807) is 30.4 Å². The van der Waals surface area contributed by atoms with Gasteiger partial charge in [0.1, 0.15) is 0 Å². The van der Waals surface area contributed by atoms with Crippen molar-refractivity contribution in [3.05, 3.63) is 41.5 Å². The maximum atomic E-state index is 11.9. The highest BCUT2D eigenvalue weighted by Gasteiger charge is 2.34. The molecule has 0 saturated carbocycles. The van der Waals surface area contributed by atoms with Gasteiger partial charge in [-0.1, -0.05) is 12.2 Å². The van der Waals surface area contributed by atoms with Gasteiger partial charge in [-0.2, -0.15) is 0 Å². The second kappa shape index (κ2) is 3.81. The molecule has 2 amide bonds. The second-order valence-corrected chi connectivity index (χ2v) is 3.59. The second-order valence-electron chi connectivity index (χ2n) is 3.59. The standard InChI is InChI=1S/C12H12N2O2/c1-2-3-6-14-11(15)9-5-4-8(13)7-10(9)12(14)16/h2-5,7H,6,13H2,1H3/b3-2+.